The van der Waals surface area contributed by atoms with Crippen molar-refractivity contribution in [2.45, 2.75) is 32.9 Å². The van der Waals surface area contributed by atoms with Crippen LogP contribution in [0, 0.1) is 16.0 Å². The SMILES string of the molecule is CC(C)[C@@H](NC[C@H](C)O)c1nc(-c2ccc([N+](=O)[O-])cc2)no1. The fraction of sp³-hybridized carbons (Fsp3) is 0.467. The van der Waals surface area contributed by atoms with Gasteiger partial charge in [-0.3, -0.25) is 10.1 Å². The third-order valence-electron chi connectivity index (χ3n) is 3.34. The number of aromatic nitrogens is 2. The van der Waals surface area contributed by atoms with E-state index in [2.05, 4.69) is 15.5 Å². The molecule has 0 spiro atoms. The molecule has 0 saturated heterocycles. The molecule has 0 unspecified atom stereocenters. The maximum absolute atomic E-state index is 10.7. The van der Waals surface area contributed by atoms with Gasteiger partial charge in [0.2, 0.25) is 11.7 Å². The third-order valence-corrected chi connectivity index (χ3v) is 3.34. The Hall–Kier alpha value is -2.32. The molecule has 1 aromatic carbocycles. The van der Waals surface area contributed by atoms with Crippen LogP contribution in [-0.4, -0.2) is 32.8 Å². The quantitative estimate of drug-likeness (QED) is 0.594. The summed E-state index contributed by atoms with van der Waals surface area (Å²) in [6.07, 6.45) is -0.478. The average Bonchev–Trinajstić information content (AvgIpc) is 2.96. The molecular weight excluding hydrogens is 300 g/mol. The van der Waals surface area contributed by atoms with E-state index >= 15 is 0 Å². The Kier molecular flexibility index (Phi) is 5.41. The van der Waals surface area contributed by atoms with E-state index in [-0.39, 0.29) is 17.6 Å². The van der Waals surface area contributed by atoms with E-state index in [4.69, 9.17) is 4.52 Å². The number of aliphatic hydroxyl groups is 1. The molecule has 0 amide bonds. The highest BCUT2D eigenvalue weighted by Gasteiger charge is 2.23. The minimum Gasteiger partial charge on any atom is -0.392 e. The van der Waals surface area contributed by atoms with Crippen LogP contribution in [-0.2, 0) is 0 Å². The van der Waals surface area contributed by atoms with Crippen molar-refractivity contribution in [3.63, 3.8) is 0 Å². The van der Waals surface area contributed by atoms with Gasteiger partial charge in [0, 0.05) is 24.2 Å². The van der Waals surface area contributed by atoms with Crippen molar-refractivity contribution in [2.75, 3.05) is 6.54 Å². The lowest BCUT2D eigenvalue weighted by Crippen LogP contribution is -2.31. The average molecular weight is 320 g/mol. The number of non-ortho nitro benzene ring substituents is 1. The smallest absolute Gasteiger partial charge is 0.269 e. The number of rotatable bonds is 7. The minimum atomic E-state index is -0.478. The Bertz CT molecular complexity index is 652. The highest BCUT2D eigenvalue weighted by atomic mass is 16.6. The first-order valence-electron chi connectivity index (χ1n) is 7.38. The van der Waals surface area contributed by atoms with Crippen LogP contribution in [0.2, 0.25) is 0 Å². The monoisotopic (exact) mass is 320 g/mol. The second kappa shape index (κ2) is 7.30. The summed E-state index contributed by atoms with van der Waals surface area (Å²) in [6.45, 7) is 6.13. The largest absolute Gasteiger partial charge is 0.392 e. The molecule has 124 valence electrons. The Labute approximate surface area is 133 Å². The van der Waals surface area contributed by atoms with Crippen molar-refractivity contribution in [2.24, 2.45) is 5.92 Å². The van der Waals surface area contributed by atoms with Crippen LogP contribution in [0.3, 0.4) is 0 Å². The van der Waals surface area contributed by atoms with Gasteiger partial charge in [-0.05, 0) is 25.0 Å². The van der Waals surface area contributed by atoms with Crippen molar-refractivity contribution in [3.8, 4) is 11.4 Å². The normalized spacial score (nSPS) is 14.0. The molecule has 0 bridgehead atoms. The Morgan fingerprint density at radius 2 is 1.96 bits per heavy atom. The number of nitro benzene ring substituents is 1. The van der Waals surface area contributed by atoms with Crippen LogP contribution in [0.5, 0.6) is 0 Å². The van der Waals surface area contributed by atoms with E-state index in [9.17, 15) is 15.2 Å². The van der Waals surface area contributed by atoms with Gasteiger partial charge in [0.15, 0.2) is 0 Å². The van der Waals surface area contributed by atoms with Gasteiger partial charge in [-0.15, -0.1) is 0 Å². The van der Waals surface area contributed by atoms with E-state index in [0.717, 1.165) is 0 Å². The minimum absolute atomic E-state index is 0.0103. The maximum atomic E-state index is 10.7. The molecule has 2 aromatic rings. The lowest BCUT2D eigenvalue weighted by atomic mass is 10.0. The van der Waals surface area contributed by atoms with Gasteiger partial charge in [0.1, 0.15) is 0 Å². The molecular formula is C15H20N4O4. The van der Waals surface area contributed by atoms with Crippen LogP contribution in [0.4, 0.5) is 5.69 Å². The van der Waals surface area contributed by atoms with E-state index in [0.29, 0.717) is 23.8 Å². The second-order valence-corrected chi connectivity index (χ2v) is 5.74. The topological polar surface area (TPSA) is 114 Å². The molecule has 0 radical (unpaired) electrons. The van der Waals surface area contributed by atoms with Gasteiger partial charge in [0.25, 0.3) is 5.69 Å². The molecule has 23 heavy (non-hydrogen) atoms. The molecule has 2 atom stereocenters. The molecule has 0 aliphatic carbocycles. The van der Waals surface area contributed by atoms with Crippen molar-refractivity contribution in [1.29, 1.82) is 0 Å². The number of nitrogens with one attached hydrogen (secondary N) is 1. The van der Waals surface area contributed by atoms with Crippen LogP contribution in [0.25, 0.3) is 11.4 Å². The van der Waals surface area contributed by atoms with E-state index in [1.165, 1.54) is 12.1 Å². The van der Waals surface area contributed by atoms with Gasteiger partial charge < -0.3 is 14.9 Å². The molecule has 0 aliphatic heterocycles. The fourth-order valence-electron chi connectivity index (χ4n) is 2.12. The molecule has 0 fully saturated rings. The first kappa shape index (κ1) is 17.0. The summed E-state index contributed by atoms with van der Waals surface area (Å²) < 4.78 is 5.31. The zero-order valence-electron chi connectivity index (χ0n) is 13.3. The zero-order chi connectivity index (χ0) is 17.0. The highest BCUT2D eigenvalue weighted by molar-refractivity contribution is 5.56. The van der Waals surface area contributed by atoms with Crippen molar-refractivity contribution in [1.82, 2.24) is 15.5 Å². The van der Waals surface area contributed by atoms with Crippen LogP contribution in [0.15, 0.2) is 28.8 Å². The molecule has 0 saturated carbocycles. The lowest BCUT2D eigenvalue weighted by molar-refractivity contribution is -0.384. The summed E-state index contributed by atoms with van der Waals surface area (Å²) in [5.74, 6) is 0.993. The molecule has 2 N–H and O–H groups in total. The number of hydrogen-bond donors (Lipinski definition) is 2. The van der Waals surface area contributed by atoms with Crippen LogP contribution >= 0.6 is 0 Å². The molecule has 1 heterocycles. The van der Waals surface area contributed by atoms with Crippen molar-refractivity contribution >= 4 is 5.69 Å². The first-order chi connectivity index (χ1) is 10.9. The predicted octanol–water partition coefficient (Wildman–Crippen LogP) is 2.31. The lowest BCUT2D eigenvalue weighted by Gasteiger charge is -2.19. The maximum Gasteiger partial charge on any atom is 0.269 e. The summed E-state index contributed by atoms with van der Waals surface area (Å²) in [4.78, 5) is 14.6. The summed E-state index contributed by atoms with van der Waals surface area (Å²) in [5, 5.41) is 27.2. The van der Waals surface area contributed by atoms with Gasteiger partial charge in [-0.25, -0.2) is 0 Å². The van der Waals surface area contributed by atoms with Crippen molar-refractivity contribution < 1.29 is 14.6 Å². The zero-order valence-corrected chi connectivity index (χ0v) is 13.3. The Balaban J connectivity index is 2.19. The van der Waals surface area contributed by atoms with Gasteiger partial charge in [0.05, 0.1) is 17.1 Å². The Morgan fingerprint density at radius 3 is 2.48 bits per heavy atom. The number of benzene rings is 1. The number of nitrogens with zero attached hydrogens (tertiary/aromatic N) is 3. The number of aliphatic hydroxyl groups excluding tert-OH is 1. The standard InChI is InChI=1S/C15H20N4O4/c1-9(2)13(16-8-10(3)20)15-17-14(18-23-15)11-4-6-12(7-5-11)19(21)22/h4-7,9-10,13,16,20H,8H2,1-3H3/t10-,13+/m0/s1. The highest BCUT2D eigenvalue weighted by Crippen LogP contribution is 2.24. The van der Waals surface area contributed by atoms with Gasteiger partial charge >= 0.3 is 0 Å². The van der Waals surface area contributed by atoms with E-state index in [1.54, 1.807) is 19.1 Å². The molecule has 8 nitrogen and oxygen atoms in total. The molecule has 0 aliphatic rings. The number of hydrogen-bond acceptors (Lipinski definition) is 7. The number of nitro groups is 1. The van der Waals surface area contributed by atoms with Gasteiger partial charge in [-0.2, -0.15) is 4.98 Å². The third kappa shape index (κ3) is 4.33. The van der Waals surface area contributed by atoms with Crippen molar-refractivity contribution in [3.05, 3.63) is 40.3 Å². The molecule has 2 rings (SSSR count). The molecule has 1 aromatic heterocycles. The summed E-state index contributed by atoms with van der Waals surface area (Å²) in [7, 11) is 0. The molecule has 8 heteroatoms. The van der Waals surface area contributed by atoms with E-state index in [1.807, 2.05) is 13.8 Å². The van der Waals surface area contributed by atoms with E-state index < -0.39 is 11.0 Å². The van der Waals surface area contributed by atoms with Gasteiger partial charge in [-0.1, -0.05) is 19.0 Å². The fourth-order valence-corrected chi connectivity index (χ4v) is 2.12. The Morgan fingerprint density at radius 1 is 1.30 bits per heavy atom. The second-order valence-electron chi connectivity index (χ2n) is 5.74. The summed E-state index contributed by atoms with van der Waals surface area (Å²) in [5.41, 5.74) is 0.653. The van der Waals surface area contributed by atoms with Crippen LogP contribution < -0.4 is 5.32 Å². The first-order valence-corrected chi connectivity index (χ1v) is 7.38. The summed E-state index contributed by atoms with van der Waals surface area (Å²) >= 11 is 0. The predicted molar refractivity (Wildman–Crippen MR) is 83.7 cm³/mol. The summed E-state index contributed by atoms with van der Waals surface area (Å²) in [6, 6.07) is 5.79. The van der Waals surface area contributed by atoms with Crippen LogP contribution in [0.1, 0.15) is 32.7 Å².